The molecule has 77 heavy (non-hydrogen) atoms. The molecule has 0 atom stereocenters. The Hall–Kier alpha value is -7.37. The van der Waals surface area contributed by atoms with Crippen LogP contribution in [0.4, 0.5) is 11.4 Å². The molecule has 3 heterocycles. The van der Waals surface area contributed by atoms with Gasteiger partial charge in [-0.05, 0) is 115 Å². The second-order valence-corrected chi connectivity index (χ2v) is 26.7. The first-order valence-electron chi connectivity index (χ1n) is 27.7. The lowest BCUT2D eigenvalue weighted by molar-refractivity contribution is 0.480. The highest BCUT2D eigenvalue weighted by Crippen LogP contribution is 2.52. The van der Waals surface area contributed by atoms with Crippen molar-refractivity contribution in [1.29, 1.82) is 0 Å². The molecule has 2 aromatic heterocycles. The predicted molar refractivity (Wildman–Crippen MR) is 328 cm³/mol. The van der Waals surface area contributed by atoms with Crippen molar-refractivity contribution in [2.24, 2.45) is 0 Å². The van der Waals surface area contributed by atoms with Gasteiger partial charge in [0.05, 0.1) is 29.1 Å². The van der Waals surface area contributed by atoms with Crippen LogP contribution < -0.4 is 14.5 Å². The third kappa shape index (κ3) is 10.1. The molecule has 394 valence electrons. The number of hydrogen-bond acceptors (Lipinski definition) is 4. The summed E-state index contributed by atoms with van der Waals surface area (Å²) in [7, 11) is 0. The molecule has 0 N–H and O–H groups in total. The minimum atomic E-state index is -0.464. The lowest BCUT2D eigenvalue weighted by atomic mass is 9.73. The van der Waals surface area contributed by atoms with Crippen molar-refractivity contribution in [3.8, 4) is 28.4 Å². The number of aromatic nitrogens is 2. The standard InChI is InChI=1S/C72H80N4O/c1-67(2,3)52-36-37-73-63(43-52)76-61-35-27-26-34-59(61)64-60(70(10,11)12)45-58(46-62(64)76)77-57-39-49(48-28-20-17-21-29-48)38-55(44-57)74-47-75(56-41-53(68(4,5)6)40-54(42-56)69(7,8)9)66(72(15,16)51-32-24-19-25-33-51)65(74)71(13,14)50-30-22-18-23-31-50/h17-46H,47H2,1-16H3. The molecule has 7 aromatic carbocycles. The average Bonchev–Trinajstić information content (AvgIpc) is 4.03. The van der Waals surface area contributed by atoms with E-state index in [2.05, 4.69) is 301 Å². The van der Waals surface area contributed by atoms with Crippen LogP contribution >= 0.6 is 0 Å². The maximum absolute atomic E-state index is 7.45. The van der Waals surface area contributed by atoms with E-state index < -0.39 is 10.8 Å². The molecule has 10 rings (SSSR count). The van der Waals surface area contributed by atoms with Crippen molar-refractivity contribution < 1.29 is 4.74 Å². The zero-order chi connectivity index (χ0) is 55.0. The van der Waals surface area contributed by atoms with Crippen LogP contribution in [0.3, 0.4) is 0 Å². The Balaban J connectivity index is 1.24. The topological polar surface area (TPSA) is 33.5 Å². The van der Waals surface area contributed by atoms with E-state index in [1.54, 1.807) is 0 Å². The maximum atomic E-state index is 7.45. The van der Waals surface area contributed by atoms with Gasteiger partial charge < -0.3 is 14.5 Å². The van der Waals surface area contributed by atoms with Gasteiger partial charge in [0, 0.05) is 51.3 Å². The number of para-hydroxylation sites is 1. The molecular weight excluding hydrogens is 937 g/mol. The van der Waals surface area contributed by atoms with E-state index in [1.807, 2.05) is 6.20 Å². The summed E-state index contributed by atoms with van der Waals surface area (Å²) in [5, 5.41) is 2.42. The zero-order valence-corrected chi connectivity index (χ0v) is 48.7. The van der Waals surface area contributed by atoms with Gasteiger partial charge in [-0.3, -0.25) is 4.57 Å². The molecular formula is C72H80N4O. The quantitative estimate of drug-likeness (QED) is 0.137. The van der Waals surface area contributed by atoms with Crippen molar-refractivity contribution in [2.45, 2.75) is 143 Å². The van der Waals surface area contributed by atoms with Gasteiger partial charge in [0.25, 0.3) is 0 Å². The third-order valence-corrected chi connectivity index (χ3v) is 16.1. The Morgan fingerprint density at radius 3 is 1.42 bits per heavy atom. The van der Waals surface area contributed by atoms with Crippen molar-refractivity contribution in [1.82, 2.24) is 9.55 Å². The second-order valence-electron chi connectivity index (χ2n) is 26.7. The predicted octanol–water partition coefficient (Wildman–Crippen LogP) is 19.3. The number of nitrogens with zero attached hydrogens (tertiary/aromatic N) is 4. The van der Waals surface area contributed by atoms with Crippen LogP contribution in [0.1, 0.15) is 144 Å². The van der Waals surface area contributed by atoms with Gasteiger partial charge in [-0.15, -0.1) is 0 Å². The molecule has 0 aliphatic carbocycles. The smallest absolute Gasteiger partial charge is 0.137 e. The van der Waals surface area contributed by atoms with E-state index >= 15 is 0 Å². The van der Waals surface area contributed by atoms with E-state index in [0.29, 0.717) is 6.67 Å². The summed E-state index contributed by atoms with van der Waals surface area (Å²) in [5.41, 5.74) is 15.4. The van der Waals surface area contributed by atoms with Crippen LogP contribution in [0.2, 0.25) is 0 Å². The number of fused-ring (bicyclic) bond motifs is 3. The molecule has 5 heteroatoms. The number of hydrogen-bond donors (Lipinski definition) is 0. The first-order valence-corrected chi connectivity index (χ1v) is 27.7. The fraction of sp³-hybridized carbons (Fsp3) is 0.319. The highest BCUT2D eigenvalue weighted by molar-refractivity contribution is 6.11. The Morgan fingerprint density at radius 1 is 0.390 bits per heavy atom. The number of pyridine rings is 1. The SMILES string of the molecule is CC(C)(C)c1cc(N2CN(c3cc(Oc4cc(C(C)(C)C)c5c6ccccc6n(-c6cc(C(C)(C)C)ccn6)c5c4)cc(-c4ccccc4)c3)C(C(C)(C)c3ccccc3)=C2C(C)(C)c2ccccc2)cc(C(C)(C)C)c1. The van der Waals surface area contributed by atoms with E-state index in [1.165, 1.54) is 61.2 Å². The molecule has 0 amide bonds. The Morgan fingerprint density at radius 2 is 0.883 bits per heavy atom. The summed E-state index contributed by atoms with van der Waals surface area (Å²) < 4.78 is 9.78. The molecule has 0 fully saturated rings. The van der Waals surface area contributed by atoms with Crippen LogP contribution in [0.5, 0.6) is 11.5 Å². The summed E-state index contributed by atoms with van der Waals surface area (Å²) in [4.78, 5) is 10.3. The van der Waals surface area contributed by atoms with Crippen molar-refractivity contribution >= 4 is 33.2 Å². The van der Waals surface area contributed by atoms with Crippen LogP contribution in [0.15, 0.2) is 194 Å². The molecule has 1 aliphatic rings. The van der Waals surface area contributed by atoms with Crippen molar-refractivity contribution in [3.05, 3.63) is 227 Å². The number of rotatable bonds is 10. The normalized spacial score (nSPS) is 14.1. The Labute approximate surface area is 460 Å². The molecule has 1 aliphatic heterocycles. The molecule has 0 bridgehead atoms. The molecule has 0 saturated heterocycles. The number of anilines is 2. The molecule has 0 unspecified atom stereocenters. The Kier molecular flexibility index (Phi) is 13.3. The Bertz CT molecular complexity index is 3630. The lowest BCUT2D eigenvalue weighted by Gasteiger charge is -2.38. The highest BCUT2D eigenvalue weighted by Gasteiger charge is 2.47. The first-order chi connectivity index (χ1) is 36.2. The van der Waals surface area contributed by atoms with Gasteiger partial charge in [0.2, 0.25) is 0 Å². The summed E-state index contributed by atoms with van der Waals surface area (Å²) >= 11 is 0. The van der Waals surface area contributed by atoms with Gasteiger partial charge >= 0.3 is 0 Å². The summed E-state index contributed by atoms with van der Waals surface area (Å²) in [5.74, 6) is 2.43. The minimum absolute atomic E-state index is 0.0512. The van der Waals surface area contributed by atoms with E-state index in [4.69, 9.17) is 9.72 Å². The molecule has 0 spiro atoms. The summed E-state index contributed by atoms with van der Waals surface area (Å²) in [6.07, 6.45) is 1.95. The fourth-order valence-corrected chi connectivity index (χ4v) is 11.5. The molecule has 5 nitrogen and oxygen atoms in total. The minimum Gasteiger partial charge on any atom is -0.457 e. The maximum Gasteiger partial charge on any atom is 0.137 e. The zero-order valence-electron chi connectivity index (χ0n) is 48.7. The van der Waals surface area contributed by atoms with Crippen LogP contribution in [-0.2, 0) is 32.5 Å². The fourth-order valence-electron chi connectivity index (χ4n) is 11.5. The van der Waals surface area contributed by atoms with Crippen molar-refractivity contribution in [2.75, 3.05) is 16.5 Å². The summed E-state index contributed by atoms with van der Waals surface area (Å²) in [6.45, 7) is 38.0. The van der Waals surface area contributed by atoms with Gasteiger partial charge in [-0.1, -0.05) is 226 Å². The molecule has 9 aromatic rings. The summed E-state index contributed by atoms with van der Waals surface area (Å²) in [6, 6.07) is 64.9. The molecule has 0 saturated carbocycles. The largest absolute Gasteiger partial charge is 0.457 e. The van der Waals surface area contributed by atoms with Crippen LogP contribution in [0.25, 0.3) is 38.8 Å². The molecule has 0 radical (unpaired) electrons. The highest BCUT2D eigenvalue weighted by atomic mass is 16.5. The number of benzene rings is 7. The lowest BCUT2D eigenvalue weighted by Crippen LogP contribution is -2.35. The van der Waals surface area contributed by atoms with E-state index in [0.717, 1.165) is 45.2 Å². The van der Waals surface area contributed by atoms with Gasteiger partial charge in [0.1, 0.15) is 17.3 Å². The van der Waals surface area contributed by atoms with Crippen LogP contribution in [0, 0.1) is 0 Å². The van der Waals surface area contributed by atoms with Gasteiger partial charge in [-0.25, -0.2) is 4.98 Å². The van der Waals surface area contributed by atoms with E-state index in [-0.39, 0.29) is 21.7 Å². The number of allylic oxidation sites excluding steroid dienone is 2. The van der Waals surface area contributed by atoms with Crippen molar-refractivity contribution in [3.63, 3.8) is 0 Å². The van der Waals surface area contributed by atoms with Gasteiger partial charge in [-0.2, -0.15) is 0 Å². The third-order valence-electron chi connectivity index (χ3n) is 16.1. The first kappa shape index (κ1) is 53.0. The van der Waals surface area contributed by atoms with E-state index in [9.17, 15) is 0 Å². The second kappa shape index (κ2) is 19.3. The number of ether oxygens (including phenoxy) is 1. The van der Waals surface area contributed by atoms with Gasteiger partial charge in [0.15, 0.2) is 0 Å². The average molecular weight is 1020 g/mol. The van der Waals surface area contributed by atoms with Crippen LogP contribution in [-0.4, -0.2) is 16.2 Å². The monoisotopic (exact) mass is 1020 g/mol.